The lowest BCUT2D eigenvalue weighted by Gasteiger charge is -2.23. The van der Waals surface area contributed by atoms with Crippen LogP contribution in [-0.2, 0) is 28.5 Å². The van der Waals surface area contributed by atoms with E-state index < -0.39 is 0 Å². The molecule has 0 saturated carbocycles. The van der Waals surface area contributed by atoms with E-state index in [-0.39, 0.29) is 18.4 Å². The summed E-state index contributed by atoms with van der Waals surface area (Å²) in [6, 6.07) is 12.0. The minimum Gasteiger partial charge on any atom is -0.378 e. The van der Waals surface area contributed by atoms with Gasteiger partial charge >= 0.3 is 0 Å². The van der Waals surface area contributed by atoms with Gasteiger partial charge < -0.3 is 34.5 Å². The highest BCUT2D eigenvalue weighted by Crippen LogP contribution is 2.20. The lowest BCUT2D eigenvalue weighted by atomic mass is 10.1. The van der Waals surface area contributed by atoms with E-state index in [1.54, 1.807) is 0 Å². The first-order valence-electron chi connectivity index (χ1n) is 14.9. The third kappa shape index (κ3) is 12.2. The Morgan fingerprint density at radius 2 is 1.05 bits per heavy atom. The van der Waals surface area contributed by atoms with E-state index in [9.17, 15) is 9.59 Å². The van der Waals surface area contributed by atoms with Crippen molar-refractivity contribution >= 4 is 23.2 Å². The van der Waals surface area contributed by atoms with Gasteiger partial charge in [-0.1, -0.05) is 36.4 Å². The van der Waals surface area contributed by atoms with E-state index in [1.807, 2.05) is 69.0 Å². The average molecular weight is 586 g/mol. The molecule has 2 aromatic rings. The molecule has 1 aliphatic heterocycles. The Morgan fingerprint density at radius 3 is 1.50 bits per heavy atom. The van der Waals surface area contributed by atoms with Gasteiger partial charge in [-0.05, 0) is 49.9 Å². The molecular formula is C32H49N4O6+. The summed E-state index contributed by atoms with van der Waals surface area (Å²) in [4.78, 5) is 28.8. The third-order valence-corrected chi connectivity index (χ3v) is 7.32. The normalized spacial score (nSPS) is 17.6. The van der Waals surface area contributed by atoms with Crippen LogP contribution in [0.4, 0.5) is 11.4 Å². The van der Waals surface area contributed by atoms with Gasteiger partial charge in [-0.15, -0.1) is 0 Å². The molecule has 3 rings (SSSR count). The van der Waals surface area contributed by atoms with Crippen LogP contribution in [0.1, 0.15) is 22.3 Å². The predicted octanol–water partition coefficient (Wildman–Crippen LogP) is 1.76. The van der Waals surface area contributed by atoms with Gasteiger partial charge in [0.1, 0.15) is 13.1 Å². The first-order chi connectivity index (χ1) is 20.3. The molecule has 42 heavy (non-hydrogen) atoms. The lowest BCUT2D eigenvalue weighted by molar-refractivity contribution is -0.892. The van der Waals surface area contributed by atoms with Gasteiger partial charge in [0.25, 0.3) is 5.91 Å². The van der Waals surface area contributed by atoms with E-state index in [4.69, 9.17) is 18.9 Å². The Balaban J connectivity index is 1.45. The number of quaternary nitrogens is 1. The maximum atomic E-state index is 12.8. The van der Waals surface area contributed by atoms with Crippen molar-refractivity contribution in [3.8, 4) is 0 Å². The maximum Gasteiger partial charge on any atom is 0.279 e. The molecule has 1 saturated heterocycles. The van der Waals surface area contributed by atoms with Crippen molar-refractivity contribution in [3.63, 3.8) is 0 Å². The van der Waals surface area contributed by atoms with Gasteiger partial charge in [0.15, 0.2) is 6.54 Å². The van der Waals surface area contributed by atoms with Crippen LogP contribution in [0.15, 0.2) is 36.4 Å². The molecule has 0 aliphatic carbocycles. The van der Waals surface area contributed by atoms with Crippen LogP contribution >= 0.6 is 0 Å². The largest absolute Gasteiger partial charge is 0.378 e. The molecule has 2 amide bonds. The van der Waals surface area contributed by atoms with Crippen LogP contribution in [0, 0.1) is 27.7 Å². The SMILES string of the molecule is Cc1cccc(C)c1NC(=O)CN1CCOCCOCC[NH+](CC(=O)Nc2c(C)cccc2C)CCOCCOCC1. The second kappa shape index (κ2) is 18.6. The van der Waals surface area contributed by atoms with Gasteiger partial charge in [0, 0.05) is 24.5 Å². The number of hydrogen-bond donors (Lipinski definition) is 3. The monoisotopic (exact) mass is 585 g/mol. The van der Waals surface area contributed by atoms with E-state index >= 15 is 0 Å². The minimum atomic E-state index is -0.0593. The number of rotatable bonds is 6. The van der Waals surface area contributed by atoms with Crippen molar-refractivity contribution < 1.29 is 33.4 Å². The summed E-state index contributed by atoms with van der Waals surface area (Å²) in [5.74, 6) is -0.0838. The summed E-state index contributed by atoms with van der Waals surface area (Å²) in [5.41, 5.74) is 5.93. The highest BCUT2D eigenvalue weighted by Gasteiger charge is 2.17. The molecule has 3 N–H and O–H groups in total. The molecule has 0 bridgehead atoms. The fourth-order valence-corrected chi connectivity index (χ4v) is 4.85. The Bertz CT molecular complexity index is 980. The molecule has 1 fully saturated rings. The molecule has 2 aromatic carbocycles. The van der Waals surface area contributed by atoms with Crippen molar-refractivity contribution in [2.45, 2.75) is 27.7 Å². The second-order valence-corrected chi connectivity index (χ2v) is 10.8. The van der Waals surface area contributed by atoms with Gasteiger partial charge in [-0.2, -0.15) is 0 Å². The van der Waals surface area contributed by atoms with Crippen LogP contribution < -0.4 is 15.5 Å². The fraction of sp³-hybridized carbons (Fsp3) is 0.562. The van der Waals surface area contributed by atoms with Crippen LogP contribution in [0.2, 0.25) is 0 Å². The number of carbonyl (C=O) groups excluding carboxylic acids is 2. The summed E-state index contributed by atoms with van der Waals surface area (Å²) < 4.78 is 23.2. The van der Waals surface area contributed by atoms with Crippen molar-refractivity contribution in [1.29, 1.82) is 0 Å². The molecular weight excluding hydrogens is 536 g/mol. The molecule has 232 valence electrons. The molecule has 0 unspecified atom stereocenters. The number of carbonyl (C=O) groups is 2. The Morgan fingerprint density at radius 1 is 0.643 bits per heavy atom. The number of anilines is 2. The highest BCUT2D eigenvalue weighted by atomic mass is 16.5. The maximum absolute atomic E-state index is 12.8. The van der Waals surface area contributed by atoms with Crippen LogP contribution in [-0.4, -0.2) is 109 Å². The first kappa shape index (κ1) is 33.6. The van der Waals surface area contributed by atoms with E-state index in [2.05, 4.69) is 10.6 Å². The van der Waals surface area contributed by atoms with Gasteiger partial charge in [0.05, 0.1) is 59.4 Å². The number of aryl methyl sites for hydroxylation is 4. The number of hydrogen-bond acceptors (Lipinski definition) is 7. The topological polar surface area (TPSA) is 103 Å². The van der Waals surface area contributed by atoms with Gasteiger partial charge in [-0.25, -0.2) is 0 Å². The van der Waals surface area contributed by atoms with Crippen molar-refractivity contribution in [3.05, 3.63) is 58.7 Å². The fourth-order valence-electron chi connectivity index (χ4n) is 4.85. The molecule has 0 aromatic heterocycles. The summed E-state index contributed by atoms with van der Waals surface area (Å²) in [6.07, 6.45) is 0. The minimum absolute atomic E-state index is 0.0246. The van der Waals surface area contributed by atoms with Crippen LogP contribution in [0.3, 0.4) is 0 Å². The Hall–Kier alpha value is -2.86. The molecule has 1 heterocycles. The van der Waals surface area contributed by atoms with Crippen LogP contribution in [0.25, 0.3) is 0 Å². The number of nitrogens with zero attached hydrogens (tertiary/aromatic N) is 1. The molecule has 0 spiro atoms. The summed E-state index contributed by atoms with van der Waals surface area (Å²) >= 11 is 0. The molecule has 10 nitrogen and oxygen atoms in total. The predicted molar refractivity (Wildman–Crippen MR) is 164 cm³/mol. The Labute approximate surface area is 250 Å². The second-order valence-electron chi connectivity index (χ2n) is 10.8. The standard InChI is InChI=1S/C32H48N4O6/c1-25-7-5-8-26(2)31(25)33-29(37)23-35-11-15-39-19-21-41-17-13-36(14-18-42-22-20-40-16-12-35)24-30(38)34-32-27(3)9-6-10-28(32)4/h5-10H,11-24H2,1-4H3,(H,33,37)(H,34,38)/p+1. The third-order valence-electron chi connectivity index (χ3n) is 7.32. The first-order valence-corrected chi connectivity index (χ1v) is 14.9. The number of benzene rings is 2. The number of nitrogens with one attached hydrogen (secondary N) is 3. The zero-order chi connectivity index (χ0) is 30.2. The summed E-state index contributed by atoms with van der Waals surface area (Å²) in [6.45, 7) is 15.0. The van der Waals surface area contributed by atoms with Gasteiger partial charge in [0.2, 0.25) is 5.91 Å². The van der Waals surface area contributed by atoms with Gasteiger partial charge in [-0.3, -0.25) is 14.5 Å². The van der Waals surface area contributed by atoms with Crippen molar-refractivity contribution in [1.82, 2.24) is 4.90 Å². The number of amides is 2. The van der Waals surface area contributed by atoms with E-state index in [1.165, 1.54) is 0 Å². The zero-order valence-corrected chi connectivity index (χ0v) is 25.8. The highest BCUT2D eigenvalue weighted by molar-refractivity contribution is 5.94. The zero-order valence-electron chi connectivity index (χ0n) is 25.8. The Kier molecular flexibility index (Phi) is 14.9. The summed E-state index contributed by atoms with van der Waals surface area (Å²) in [5, 5.41) is 6.14. The van der Waals surface area contributed by atoms with E-state index in [0.717, 1.165) is 38.5 Å². The molecule has 0 radical (unpaired) electrons. The quantitative estimate of drug-likeness (QED) is 0.475. The van der Waals surface area contributed by atoms with Crippen molar-refractivity contribution in [2.24, 2.45) is 0 Å². The van der Waals surface area contributed by atoms with E-state index in [0.29, 0.717) is 85.6 Å². The molecule has 0 atom stereocenters. The molecule has 1 aliphatic rings. The number of ether oxygens (including phenoxy) is 4. The average Bonchev–Trinajstić information content (AvgIpc) is 2.94. The lowest BCUT2D eigenvalue weighted by Crippen LogP contribution is -3.14. The number of para-hydroxylation sites is 2. The van der Waals surface area contributed by atoms with Crippen LogP contribution in [0.5, 0.6) is 0 Å². The van der Waals surface area contributed by atoms with Crippen molar-refractivity contribution in [2.75, 3.05) is 103 Å². The smallest absolute Gasteiger partial charge is 0.279 e. The summed E-state index contributed by atoms with van der Waals surface area (Å²) in [7, 11) is 0. The molecule has 10 heteroatoms.